The van der Waals surface area contributed by atoms with E-state index in [1.165, 1.54) is 12.8 Å². The molecule has 128 valence electrons. The average Bonchev–Trinajstić information content (AvgIpc) is 3.21. The predicted molar refractivity (Wildman–Crippen MR) is 98.7 cm³/mol. The Morgan fingerprint density at radius 3 is 2.77 bits per heavy atom. The molecule has 1 atom stereocenters. The SMILES string of the molecule is CCC(=O)N1CCC(NC(=NC)NCCOCC2CC2)C1.I. The van der Waals surface area contributed by atoms with Gasteiger partial charge in [-0.05, 0) is 25.2 Å². The normalized spacial score (nSPS) is 21.5. The second-order valence-electron chi connectivity index (χ2n) is 5.84. The van der Waals surface area contributed by atoms with E-state index in [-0.39, 0.29) is 29.9 Å². The number of ether oxygens (including phenoxy) is 1. The van der Waals surface area contributed by atoms with E-state index in [1.54, 1.807) is 7.05 Å². The number of likely N-dealkylation sites (tertiary alicyclic amines) is 1. The Kier molecular flexibility index (Phi) is 9.08. The zero-order valence-electron chi connectivity index (χ0n) is 13.6. The average molecular weight is 424 g/mol. The van der Waals surface area contributed by atoms with Gasteiger partial charge in [0.15, 0.2) is 5.96 Å². The van der Waals surface area contributed by atoms with Crippen molar-refractivity contribution in [2.24, 2.45) is 10.9 Å². The van der Waals surface area contributed by atoms with Gasteiger partial charge in [0.1, 0.15) is 0 Å². The summed E-state index contributed by atoms with van der Waals surface area (Å²) in [5, 5.41) is 6.63. The van der Waals surface area contributed by atoms with Crippen molar-refractivity contribution in [1.29, 1.82) is 0 Å². The van der Waals surface area contributed by atoms with Crippen LogP contribution in [0.5, 0.6) is 0 Å². The van der Waals surface area contributed by atoms with Crippen LogP contribution >= 0.6 is 24.0 Å². The number of carbonyl (C=O) groups excluding carboxylic acids is 1. The number of guanidine groups is 1. The molecular formula is C15H29IN4O2. The van der Waals surface area contributed by atoms with Crippen molar-refractivity contribution in [1.82, 2.24) is 15.5 Å². The lowest BCUT2D eigenvalue weighted by molar-refractivity contribution is -0.129. The summed E-state index contributed by atoms with van der Waals surface area (Å²) >= 11 is 0. The first kappa shape index (κ1) is 19.5. The molecule has 0 aromatic carbocycles. The van der Waals surface area contributed by atoms with Gasteiger partial charge in [0, 0.05) is 45.8 Å². The molecular weight excluding hydrogens is 395 g/mol. The summed E-state index contributed by atoms with van der Waals surface area (Å²) in [6.45, 7) is 5.88. The summed E-state index contributed by atoms with van der Waals surface area (Å²) in [7, 11) is 1.77. The minimum Gasteiger partial charge on any atom is -0.379 e. The molecule has 2 rings (SSSR count). The highest BCUT2D eigenvalue weighted by Crippen LogP contribution is 2.28. The van der Waals surface area contributed by atoms with Crippen molar-refractivity contribution >= 4 is 35.8 Å². The van der Waals surface area contributed by atoms with Gasteiger partial charge in [-0.15, -0.1) is 24.0 Å². The van der Waals surface area contributed by atoms with E-state index in [0.29, 0.717) is 19.1 Å². The maximum Gasteiger partial charge on any atom is 0.222 e. The van der Waals surface area contributed by atoms with Crippen LogP contribution in [0.25, 0.3) is 0 Å². The third kappa shape index (κ3) is 6.68. The maximum absolute atomic E-state index is 11.7. The first-order valence-corrected chi connectivity index (χ1v) is 8.05. The summed E-state index contributed by atoms with van der Waals surface area (Å²) < 4.78 is 5.59. The number of hydrogen-bond donors (Lipinski definition) is 2. The molecule has 6 nitrogen and oxygen atoms in total. The third-order valence-corrected chi connectivity index (χ3v) is 4.00. The highest BCUT2D eigenvalue weighted by atomic mass is 127. The first-order chi connectivity index (χ1) is 10.2. The van der Waals surface area contributed by atoms with E-state index in [2.05, 4.69) is 15.6 Å². The Balaban J connectivity index is 0.00000242. The minimum absolute atomic E-state index is 0. The Labute approximate surface area is 150 Å². The lowest BCUT2D eigenvalue weighted by Gasteiger charge is -2.18. The summed E-state index contributed by atoms with van der Waals surface area (Å²) in [6, 6.07) is 0.291. The van der Waals surface area contributed by atoms with E-state index in [0.717, 1.165) is 44.5 Å². The molecule has 2 N–H and O–H groups in total. The van der Waals surface area contributed by atoms with Gasteiger partial charge >= 0.3 is 0 Å². The molecule has 1 saturated carbocycles. The second kappa shape index (κ2) is 10.3. The van der Waals surface area contributed by atoms with Crippen LogP contribution in [0.4, 0.5) is 0 Å². The van der Waals surface area contributed by atoms with Crippen LogP contribution in [0, 0.1) is 5.92 Å². The molecule has 22 heavy (non-hydrogen) atoms. The van der Waals surface area contributed by atoms with Gasteiger partial charge in [0.25, 0.3) is 0 Å². The highest BCUT2D eigenvalue weighted by Gasteiger charge is 2.25. The fourth-order valence-electron chi connectivity index (χ4n) is 2.49. The Hall–Kier alpha value is -0.570. The molecule has 7 heteroatoms. The third-order valence-electron chi connectivity index (χ3n) is 4.00. The number of carbonyl (C=O) groups is 1. The van der Waals surface area contributed by atoms with Gasteiger partial charge in [-0.1, -0.05) is 6.92 Å². The minimum atomic E-state index is 0. The topological polar surface area (TPSA) is 66.0 Å². The number of hydrogen-bond acceptors (Lipinski definition) is 3. The Bertz CT molecular complexity index is 375. The quantitative estimate of drug-likeness (QED) is 0.279. The van der Waals surface area contributed by atoms with Gasteiger partial charge in [-0.25, -0.2) is 0 Å². The van der Waals surface area contributed by atoms with Crippen LogP contribution in [0.1, 0.15) is 32.6 Å². The van der Waals surface area contributed by atoms with Crippen molar-refractivity contribution in [3.63, 3.8) is 0 Å². The predicted octanol–water partition coefficient (Wildman–Crippen LogP) is 1.21. The smallest absolute Gasteiger partial charge is 0.222 e. The molecule has 2 fully saturated rings. The summed E-state index contributed by atoms with van der Waals surface area (Å²) in [5.74, 6) is 1.83. The molecule has 0 aromatic heterocycles. The standard InChI is InChI=1S/C15H28N4O2.HI/c1-3-14(20)19-8-6-13(10-19)18-15(16-2)17-7-9-21-11-12-4-5-12;/h12-13H,3-11H2,1-2H3,(H2,16,17,18);1H. The lowest BCUT2D eigenvalue weighted by Crippen LogP contribution is -2.45. The number of amides is 1. The molecule has 1 aliphatic carbocycles. The van der Waals surface area contributed by atoms with Crippen molar-refractivity contribution in [2.45, 2.75) is 38.6 Å². The number of nitrogens with one attached hydrogen (secondary N) is 2. The van der Waals surface area contributed by atoms with Gasteiger partial charge in [0.05, 0.1) is 6.61 Å². The van der Waals surface area contributed by atoms with Gasteiger partial charge in [-0.2, -0.15) is 0 Å². The molecule has 1 unspecified atom stereocenters. The van der Waals surface area contributed by atoms with Crippen LogP contribution < -0.4 is 10.6 Å². The largest absolute Gasteiger partial charge is 0.379 e. The van der Waals surface area contributed by atoms with E-state index < -0.39 is 0 Å². The molecule has 0 radical (unpaired) electrons. The molecule has 1 aliphatic heterocycles. The molecule has 0 bridgehead atoms. The van der Waals surface area contributed by atoms with E-state index >= 15 is 0 Å². The van der Waals surface area contributed by atoms with Gasteiger partial charge < -0.3 is 20.3 Å². The fourth-order valence-corrected chi connectivity index (χ4v) is 2.49. The van der Waals surface area contributed by atoms with Crippen LogP contribution in [0.3, 0.4) is 0 Å². The van der Waals surface area contributed by atoms with Gasteiger partial charge in [-0.3, -0.25) is 9.79 Å². The van der Waals surface area contributed by atoms with Crippen molar-refractivity contribution < 1.29 is 9.53 Å². The summed E-state index contributed by atoms with van der Waals surface area (Å²) in [5.41, 5.74) is 0. The van der Waals surface area contributed by atoms with Crippen LogP contribution in [-0.2, 0) is 9.53 Å². The zero-order valence-corrected chi connectivity index (χ0v) is 16.0. The molecule has 1 amide bonds. The fraction of sp³-hybridized carbons (Fsp3) is 0.867. The van der Waals surface area contributed by atoms with Crippen LogP contribution in [0.15, 0.2) is 4.99 Å². The number of rotatable bonds is 7. The maximum atomic E-state index is 11.7. The Morgan fingerprint density at radius 1 is 1.36 bits per heavy atom. The van der Waals surface area contributed by atoms with E-state index in [1.807, 2.05) is 11.8 Å². The number of aliphatic imine (C=N–C) groups is 1. The summed E-state index contributed by atoms with van der Waals surface area (Å²) in [4.78, 5) is 17.8. The molecule has 1 heterocycles. The Morgan fingerprint density at radius 2 is 2.14 bits per heavy atom. The van der Waals surface area contributed by atoms with Gasteiger partial charge in [0.2, 0.25) is 5.91 Å². The van der Waals surface area contributed by atoms with Crippen molar-refractivity contribution in [3.05, 3.63) is 0 Å². The van der Waals surface area contributed by atoms with E-state index in [9.17, 15) is 4.79 Å². The molecule has 2 aliphatic rings. The lowest BCUT2D eigenvalue weighted by atomic mass is 10.3. The summed E-state index contributed by atoms with van der Waals surface area (Å²) in [6.07, 6.45) is 4.21. The highest BCUT2D eigenvalue weighted by molar-refractivity contribution is 14.0. The molecule has 0 aromatic rings. The second-order valence-corrected chi connectivity index (χ2v) is 5.84. The molecule has 1 saturated heterocycles. The van der Waals surface area contributed by atoms with Crippen LogP contribution in [-0.4, -0.2) is 62.7 Å². The van der Waals surface area contributed by atoms with Crippen molar-refractivity contribution in [2.75, 3.05) is 39.9 Å². The number of nitrogens with zero attached hydrogens (tertiary/aromatic N) is 2. The zero-order chi connectivity index (χ0) is 15.1. The molecule has 0 spiro atoms. The van der Waals surface area contributed by atoms with Crippen molar-refractivity contribution in [3.8, 4) is 0 Å². The van der Waals surface area contributed by atoms with E-state index in [4.69, 9.17) is 4.74 Å². The first-order valence-electron chi connectivity index (χ1n) is 8.05. The van der Waals surface area contributed by atoms with Crippen LogP contribution in [0.2, 0.25) is 0 Å². The number of halogens is 1. The monoisotopic (exact) mass is 424 g/mol.